The van der Waals surface area contributed by atoms with Gasteiger partial charge in [0.05, 0.1) is 12.3 Å². The maximum atomic E-state index is 5.05. The quantitative estimate of drug-likeness (QED) is 0.753. The molecule has 1 aliphatic heterocycles. The maximum absolute atomic E-state index is 5.05. The van der Waals surface area contributed by atoms with E-state index in [1.165, 1.54) is 35.1 Å². The number of benzene rings is 1. The minimum absolute atomic E-state index is 0.673. The minimum atomic E-state index is 0.673. The van der Waals surface area contributed by atoms with E-state index in [4.69, 9.17) is 4.74 Å². The van der Waals surface area contributed by atoms with E-state index in [-0.39, 0.29) is 0 Å². The number of hydrogen-bond acceptors (Lipinski definition) is 3. The zero-order chi connectivity index (χ0) is 15.2. The molecule has 1 aromatic carbocycles. The van der Waals surface area contributed by atoms with Crippen LogP contribution in [-0.4, -0.2) is 32.8 Å². The van der Waals surface area contributed by atoms with E-state index in [2.05, 4.69) is 58.2 Å². The molecule has 1 saturated heterocycles. The van der Waals surface area contributed by atoms with Crippen LogP contribution in [0.1, 0.15) is 32.3 Å². The molecule has 118 valence electrons. The SMILES string of the molecule is COCCNCc1ccc(N2CCCC2C(C)C)c(Br)c1. The molecular weight excluding hydrogens is 328 g/mol. The first-order valence-corrected chi connectivity index (χ1v) is 8.67. The van der Waals surface area contributed by atoms with Gasteiger partial charge < -0.3 is 15.0 Å². The van der Waals surface area contributed by atoms with Gasteiger partial charge in [0.15, 0.2) is 0 Å². The summed E-state index contributed by atoms with van der Waals surface area (Å²) in [6.07, 6.45) is 2.61. The lowest BCUT2D eigenvalue weighted by Crippen LogP contribution is -2.33. The first-order valence-electron chi connectivity index (χ1n) is 7.88. The molecule has 1 fully saturated rings. The Labute approximate surface area is 137 Å². The fraction of sp³-hybridized carbons (Fsp3) is 0.647. The highest BCUT2D eigenvalue weighted by molar-refractivity contribution is 9.10. The third kappa shape index (κ3) is 4.44. The van der Waals surface area contributed by atoms with Crippen molar-refractivity contribution in [2.45, 2.75) is 39.3 Å². The Balaban J connectivity index is 2.02. The Morgan fingerprint density at radius 1 is 1.43 bits per heavy atom. The van der Waals surface area contributed by atoms with Crippen LogP contribution < -0.4 is 10.2 Å². The van der Waals surface area contributed by atoms with Gasteiger partial charge in [-0.3, -0.25) is 0 Å². The largest absolute Gasteiger partial charge is 0.383 e. The number of nitrogens with zero attached hydrogens (tertiary/aromatic N) is 1. The fourth-order valence-corrected chi connectivity index (χ4v) is 3.74. The van der Waals surface area contributed by atoms with Gasteiger partial charge in [-0.2, -0.15) is 0 Å². The van der Waals surface area contributed by atoms with E-state index in [9.17, 15) is 0 Å². The smallest absolute Gasteiger partial charge is 0.0587 e. The molecule has 0 aromatic heterocycles. The normalized spacial score (nSPS) is 18.7. The maximum Gasteiger partial charge on any atom is 0.0587 e. The van der Waals surface area contributed by atoms with Crippen molar-refractivity contribution < 1.29 is 4.74 Å². The highest BCUT2D eigenvalue weighted by Gasteiger charge is 2.28. The summed E-state index contributed by atoms with van der Waals surface area (Å²) in [6.45, 7) is 8.35. The molecule has 0 saturated carbocycles. The molecule has 0 bridgehead atoms. The first kappa shape index (κ1) is 16.8. The molecule has 0 spiro atoms. The molecule has 0 radical (unpaired) electrons. The topological polar surface area (TPSA) is 24.5 Å². The van der Waals surface area contributed by atoms with Crippen LogP contribution in [0.4, 0.5) is 5.69 Å². The van der Waals surface area contributed by atoms with Crippen molar-refractivity contribution in [2.75, 3.05) is 31.7 Å². The summed E-state index contributed by atoms with van der Waals surface area (Å²) in [5.74, 6) is 0.704. The summed E-state index contributed by atoms with van der Waals surface area (Å²) < 4.78 is 6.26. The summed E-state index contributed by atoms with van der Waals surface area (Å²) in [7, 11) is 1.73. The third-order valence-electron chi connectivity index (χ3n) is 4.20. The van der Waals surface area contributed by atoms with Crippen molar-refractivity contribution in [1.82, 2.24) is 5.32 Å². The second-order valence-electron chi connectivity index (χ2n) is 6.10. The van der Waals surface area contributed by atoms with Crippen LogP contribution in [-0.2, 0) is 11.3 Å². The zero-order valence-corrected chi connectivity index (χ0v) is 14.9. The van der Waals surface area contributed by atoms with Crippen molar-refractivity contribution in [3.05, 3.63) is 28.2 Å². The summed E-state index contributed by atoms with van der Waals surface area (Å²) in [4.78, 5) is 2.57. The average Bonchev–Trinajstić information content (AvgIpc) is 2.93. The summed E-state index contributed by atoms with van der Waals surface area (Å²) in [5, 5.41) is 3.39. The van der Waals surface area contributed by atoms with Gasteiger partial charge in [0, 0.05) is 37.3 Å². The highest BCUT2D eigenvalue weighted by atomic mass is 79.9. The predicted octanol–water partition coefficient (Wildman–Crippen LogP) is 3.81. The van der Waals surface area contributed by atoms with E-state index in [0.29, 0.717) is 12.0 Å². The lowest BCUT2D eigenvalue weighted by molar-refractivity contribution is 0.199. The zero-order valence-electron chi connectivity index (χ0n) is 13.4. The molecule has 1 aliphatic rings. The number of anilines is 1. The van der Waals surface area contributed by atoms with Gasteiger partial charge in [-0.05, 0) is 52.4 Å². The molecule has 21 heavy (non-hydrogen) atoms. The number of halogens is 1. The van der Waals surface area contributed by atoms with Gasteiger partial charge in [0.2, 0.25) is 0 Å². The van der Waals surface area contributed by atoms with E-state index >= 15 is 0 Å². The van der Waals surface area contributed by atoms with E-state index in [1.54, 1.807) is 7.11 Å². The van der Waals surface area contributed by atoms with Gasteiger partial charge in [-0.25, -0.2) is 0 Å². The molecule has 1 N–H and O–H groups in total. The van der Waals surface area contributed by atoms with Crippen LogP contribution in [0, 0.1) is 5.92 Å². The van der Waals surface area contributed by atoms with Crippen LogP contribution in [0.2, 0.25) is 0 Å². The Kier molecular flexibility index (Phi) is 6.52. The Hall–Kier alpha value is -0.580. The molecule has 1 heterocycles. The second-order valence-corrected chi connectivity index (χ2v) is 6.96. The van der Waals surface area contributed by atoms with Crippen LogP contribution in [0.25, 0.3) is 0 Å². The number of methoxy groups -OCH3 is 1. The molecule has 4 heteroatoms. The van der Waals surface area contributed by atoms with Crippen molar-refractivity contribution in [2.24, 2.45) is 5.92 Å². The Morgan fingerprint density at radius 2 is 2.24 bits per heavy atom. The Bertz CT molecular complexity index is 450. The van der Waals surface area contributed by atoms with E-state index in [1.807, 2.05) is 0 Å². The van der Waals surface area contributed by atoms with Gasteiger partial charge in [-0.1, -0.05) is 19.9 Å². The average molecular weight is 355 g/mol. The molecule has 0 aliphatic carbocycles. The summed E-state index contributed by atoms with van der Waals surface area (Å²) in [5.41, 5.74) is 2.65. The van der Waals surface area contributed by atoms with Crippen LogP contribution in [0.15, 0.2) is 22.7 Å². The summed E-state index contributed by atoms with van der Waals surface area (Å²) in [6, 6.07) is 7.41. The summed E-state index contributed by atoms with van der Waals surface area (Å²) >= 11 is 3.76. The van der Waals surface area contributed by atoms with E-state index in [0.717, 1.165) is 19.7 Å². The van der Waals surface area contributed by atoms with Crippen LogP contribution in [0.3, 0.4) is 0 Å². The molecule has 2 rings (SSSR count). The lowest BCUT2D eigenvalue weighted by Gasteiger charge is -2.30. The van der Waals surface area contributed by atoms with Gasteiger partial charge >= 0.3 is 0 Å². The van der Waals surface area contributed by atoms with Crippen LogP contribution >= 0.6 is 15.9 Å². The highest BCUT2D eigenvalue weighted by Crippen LogP contribution is 2.35. The van der Waals surface area contributed by atoms with Crippen molar-refractivity contribution in [1.29, 1.82) is 0 Å². The predicted molar refractivity (Wildman–Crippen MR) is 92.9 cm³/mol. The molecule has 1 aromatic rings. The molecule has 0 amide bonds. The van der Waals surface area contributed by atoms with Crippen molar-refractivity contribution in [3.63, 3.8) is 0 Å². The molecule has 3 nitrogen and oxygen atoms in total. The van der Waals surface area contributed by atoms with Gasteiger partial charge in [0.25, 0.3) is 0 Å². The molecular formula is C17H27BrN2O. The fourth-order valence-electron chi connectivity index (χ4n) is 3.08. The number of nitrogens with one attached hydrogen (secondary N) is 1. The number of rotatable bonds is 7. The van der Waals surface area contributed by atoms with Crippen molar-refractivity contribution in [3.8, 4) is 0 Å². The molecule has 1 unspecified atom stereocenters. The first-order chi connectivity index (χ1) is 10.1. The van der Waals surface area contributed by atoms with Crippen molar-refractivity contribution >= 4 is 21.6 Å². The van der Waals surface area contributed by atoms with Gasteiger partial charge in [-0.15, -0.1) is 0 Å². The third-order valence-corrected chi connectivity index (χ3v) is 4.84. The lowest BCUT2D eigenvalue weighted by atomic mass is 10.0. The monoisotopic (exact) mass is 354 g/mol. The number of ether oxygens (including phenoxy) is 1. The standard InChI is InChI=1S/C17H27BrN2O/c1-13(2)16-5-4-9-20(16)17-7-6-14(11-15(17)18)12-19-8-10-21-3/h6-7,11,13,16,19H,4-5,8-10,12H2,1-3H3. The second kappa shape index (κ2) is 8.16. The van der Waals surface area contributed by atoms with E-state index < -0.39 is 0 Å². The number of hydrogen-bond donors (Lipinski definition) is 1. The Morgan fingerprint density at radius 3 is 2.90 bits per heavy atom. The van der Waals surface area contributed by atoms with Gasteiger partial charge in [0.1, 0.15) is 0 Å². The molecule has 1 atom stereocenters. The van der Waals surface area contributed by atoms with Crippen LogP contribution in [0.5, 0.6) is 0 Å². The minimum Gasteiger partial charge on any atom is -0.383 e.